The molecular formula is C47H46N5O2. The Morgan fingerprint density at radius 1 is 0.426 bits per heavy atom. The number of nitrogens with zero attached hydrogens (tertiary/aromatic N) is 5. The van der Waals surface area contributed by atoms with Crippen molar-refractivity contribution in [2.75, 3.05) is 14.7 Å². The van der Waals surface area contributed by atoms with E-state index in [9.17, 15) is 0 Å². The summed E-state index contributed by atoms with van der Waals surface area (Å²) in [7, 11) is 0. The molecule has 271 valence electrons. The fourth-order valence-electron chi connectivity index (χ4n) is 8.31. The lowest BCUT2D eigenvalue weighted by atomic mass is 9.90. The second kappa shape index (κ2) is 12.9. The molecular weight excluding hydrogens is 667 g/mol. The summed E-state index contributed by atoms with van der Waals surface area (Å²) in [6, 6.07) is 34.2. The summed E-state index contributed by atoms with van der Waals surface area (Å²) < 4.78 is 13.7. The molecule has 3 aliphatic rings. The Morgan fingerprint density at radius 3 is 1.20 bits per heavy atom. The number of rotatable bonds is 7. The maximum absolute atomic E-state index is 6.84. The number of hydrogen-bond acceptors (Lipinski definition) is 7. The lowest BCUT2D eigenvalue weighted by molar-refractivity contribution is 0.445. The minimum atomic E-state index is 0.251. The number of benzene rings is 5. The van der Waals surface area contributed by atoms with E-state index in [-0.39, 0.29) is 23.7 Å². The Hall–Kier alpha value is -5.82. The van der Waals surface area contributed by atoms with E-state index in [1.807, 2.05) is 36.7 Å². The molecule has 0 N–H and O–H groups in total. The molecule has 6 aromatic rings. The first-order valence-electron chi connectivity index (χ1n) is 19.2. The van der Waals surface area contributed by atoms with Gasteiger partial charge in [-0.1, -0.05) is 116 Å². The van der Waals surface area contributed by atoms with Gasteiger partial charge in [0.05, 0.1) is 22.7 Å². The Kier molecular flexibility index (Phi) is 8.14. The first-order valence-corrected chi connectivity index (χ1v) is 19.2. The molecule has 7 nitrogen and oxygen atoms in total. The van der Waals surface area contributed by atoms with E-state index in [4.69, 9.17) is 19.4 Å². The van der Waals surface area contributed by atoms with Crippen LogP contribution in [0.5, 0.6) is 23.0 Å². The monoisotopic (exact) mass is 712 g/mol. The van der Waals surface area contributed by atoms with Gasteiger partial charge in [-0.2, -0.15) is 0 Å². The molecule has 0 atom stereocenters. The largest absolute Gasteiger partial charge is 0.453 e. The van der Waals surface area contributed by atoms with Crippen LogP contribution in [0.15, 0.2) is 109 Å². The van der Waals surface area contributed by atoms with Gasteiger partial charge in [-0.05, 0) is 82.3 Å². The lowest BCUT2D eigenvalue weighted by Gasteiger charge is -2.40. The van der Waals surface area contributed by atoms with Gasteiger partial charge < -0.3 is 9.47 Å². The van der Waals surface area contributed by atoms with Gasteiger partial charge in [0.25, 0.3) is 0 Å². The van der Waals surface area contributed by atoms with Crippen molar-refractivity contribution in [2.24, 2.45) is 0 Å². The Bertz CT molecular complexity index is 2200. The average molecular weight is 713 g/mol. The van der Waals surface area contributed by atoms with Crippen molar-refractivity contribution >= 4 is 40.1 Å². The molecule has 0 unspecified atom stereocenters. The summed E-state index contributed by atoms with van der Waals surface area (Å²) in [5, 5.41) is 0. The molecule has 9 rings (SSSR count). The van der Waals surface area contributed by atoms with Crippen LogP contribution in [-0.2, 0) is 0 Å². The molecule has 0 amide bonds. The van der Waals surface area contributed by atoms with E-state index in [2.05, 4.69) is 143 Å². The van der Waals surface area contributed by atoms with Gasteiger partial charge in [0.2, 0.25) is 0 Å². The van der Waals surface area contributed by atoms with Gasteiger partial charge in [0, 0.05) is 18.0 Å². The number of ether oxygens (including phenoxy) is 2. The highest BCUT2D eigenvalue weighted by atomic mass is 16.5. The van der Waals surface area contributed by atoms with E-state index in [0.29, 0.717) is 0 Å². The SMILES string of the molecule is CC(C)c1cccc(C(C)C)c1N1[C](c2cc3c4c(c2)Oc2ccccc2N4c2ccccc2O3)N(c2c(C(C)C)cccc2C(C)C)c2nccnc21. The molecule has 0 aliphatic carbocycles. The lowest BCUT2D eigenvalue weighted by Crippen LogP contribution is -2.34. The Labute approximate surface area is 318 Å². The van der Waals surface area contributed by atoms with Gasteiger partial charge in [-0.3, -0.25) is 14.7 Å². The minimum Gasteiger partial charge on any atom is -0.453 e. The first-order chi connectivity index (χ1) is 26.1. The number of anilines is 7. The van der Waals surface area contributed by atoms with Crippen molar-refractivity contribution in [1.82, 2.24) is 9.97 Å². The highest BCUT2D eigenvalue weighted by molar-refractivity contribution is 5.97. The van der Waals surface area contributed by atoms with Crippen molar-refractivity contribution < 1.29 is 9.47 Å². The number of hydrogen-bond donors (Lipinski definition) is 0. The molecule has 4 heterocycles. The van der Waals surface area contributed by atoms with Crippen LogP contribution in [0.1, 0.15) is 107 Å². The zero-order valence-electron chi connectivity index (χ0n) is 32.3. The van der Waals surface area contributed by atoms with Crippen LogP contribution in [-0.4, -0.2) is 9.97 Å². The second-order valence-electron chi connectivity index (χ2n) is 15.7. The molecule has 1 aromatic heterocycles. The van der Waals surface area contributed by atoms with E-state index in [0.717, 1.165) is 74.8 Å². The van der Waals surface area contributed by atoms with Gasteiger partial charge in [0.15, 0.2) is 40.8 Å². The number of aromatic nitrogens is 2. The molecule has 1 radical (unpaired) electrons. The van der Waals surface area contributed by atoms with Crippen LogP contribution in [0.3, 0.4) is 0 Å². The summed E-state index contributed by atoms with van der Waals surface area (Å²) in [5.41, 5.74) is 11.1. The van der Waals surface area contributed by atoms with E-state index in [1.165, 1.54) is 22.3 Å². The summed E-state index contributed by atoms with van der Waals surface area (Å²) in [5.74, 6) is 5.62. The predicted molar refractivity (Wildman–Crippen MR) is 219 cm³/mol. The molecule has 7 heteroatoms. The third-order valence-electron chi connectivity index (χ3n) is 10.8. The van der Waals surface area contributed by atoms with Gasteiger partial charge in [-0.25, -0.2) is 9.97 Å². The number of fused-ring (bicyclic) bond motifs is 5. The van der Waals surface area contributed by atoms with Crippen molar-refractivity contribution in [3.63, 3.8) is 0 Å². The summed E-state index contributed by atoms with van der Waals surface area (Å²) in [4.78, 5) is 17.3. The molecule has 0 saturated heterocycles. The Balaban J connectivity index is 1.38. The molecule has 5 aromatic carbocycles. The summed E-state index contributed by atoms with van der Waals surface area (Å²) in [6.07, 6.45) is 4.56. The smallest absolute Gasteiger partial charge is 0.199 e. The Morgan fingerprint density at radius 2 is 0.815 bits per heavy atom. The first kappa shape index (κ1) is 34.0. The highest BCUT2D eigenvalue weighted by Crippen LogP contribution is 2.62. The minimum absolute atomic E-state index is 0.251. The van der Waals surface area contributed by atoms with Crippen molar-refractivity contribution in [3.8, 4) is 23.0 Å². The molecule has 0 saturated carbocycles. The molecule has 0 bridgehead atoms. The van der Waals surface area contributed by atoms with Gasteiger partial charge in [-0.15, -0.1) is 0 Å². The standard InChI is InChI=1S/C47H46N5O2/c1-27(2)32-15-13-16-33(28(3)4)42(32)51-45-46(49-24-23-48-45)52(43-34(29(5)6)17-14-18-35(43)30(7)8)47(51)31-25-40-44-41(26-31)54-39-22-12-10-20-37(39)50(44)36-19-9-11-21-38(36)53-40/h9-30H,1-8H3. The summed E-state index contributed by atoms with van der Waals surface area (Å²) >= 11 is 0. The zero-order chi connectivity index (χ0) is 37.4. The van der Waals surface area contributed by atoms with E-state index in [1.54, 1.807) is 0 Å². The molecule has 54 heavy (non-hydrogen) atoms. The average Bonchev–Trinajstić information content (AvgIpc) is 3.51. The molecule has 0 spiro atoms. The van der Waals surface area contributed by atoms with Crippen molar-refractivity contribution in [2.45, 2.75) is 79.1 Å². The normalized spacial score (nSPS) is 14.3. The van der Waals surface area contributed by atoms with Gasteiger partial charge in [0.1, 0.15) is 5.69 Å². The fourth-order valence-corrected chi connectivity index (χ4v) is 8.31. The van der Waals surface area contributed by atoms with Crippen LogP contribution >= 0.6 is 0 Å². The topological polar surface area (TPSA) is 54.0 Å². The highest BCUT2D eigenvalue weighted by Gasteiger charge is 2.47. The third kappa shape index (κ3) is 5.16. The van der Waals surface area contributed by atoms with Crippen LogP contribution < -0.4 is 24.2 Å². The van der Waals surface area contributed by atoms with Crippen LogP contribution in [0, 0.1) is 6.17 Å². The van der Waals surface area contributed by atoms with Crippen LogP contribution in [0.25, 0.3) is 0 Å². The fraction of sp³-hybridized carbons (Fsp3) is 0.255. The zero-order valence-corrected chi connectivity index (χ0v) is 32.3. The quantitative estimate of drug-likeness (QED) is 0.163. The molecule has 0 fully saturated rings. The summed E-state index contributed by atoms with van der Waals surface area (Å²) in [6.45, 7) is 18.2. The maximum Gasteiger partial charge on any atom is 0.199 e. The van der Waals surface area contributed by atoms with Crippen LogP contribution in [0.2, 0.25) is 0 Å². The number of para-hydroxylation sites is 6. The predicted octanol–water partition coefficient (Wildman–Crippen LogP) is 13.5. The molecule has 3 aliphatic heterocycles. The van der Waals surface area contributed by atoms with E-state index >= 15 is 0 Å². The van der Waals surface area contributed by atoms with E-state index < -0.39 is 0 Å². The maximum atomic E-state index is 6.84. The van der Waals surface area contributed by atoms with Crippen molar-refractivity contribution in [3.05, 3.63) is 143 Å². The van der Waals surface area contributed by atoms with Crippen LogP contribution in [0.4, 0.5) is 40.1 Å². The second-order valence-corrected chi connectivity index (χ2v) is 15.7. The van der Waals surface area contributed by atoms with Crippen molar-refractivity contribution in [1.29, 1.82) is 0 Å². The third-order valence-corrected chi connectivity index (χ3v) is 10.8. The van der Waals surface area contributed by atoms with Gasteiger partial charge >= 0.3 is 0 Å².